The van der Waals surface area contributed by atoms with Gasteiger partial charge in [-0.2, -0.15) is 0 Å². The first kappa shape index (κ1) is 51.0. The molecule has 62 heavy (non-hydrogen) atoms. The predicted molar refractivity (Wildman–Crippen MR) is 190 cm³/mol. The zero-order valence-corrected chi connectivity index (χ0v) is 33.2. The standard InChI is InChI=1S/C34H58N2O26/c1-8(41)35-15-21(47)27(60-33-24(50)22(48)17(43)10(3-37)57-33)13(6-40)59-31(15)54-7-14-20(46)29(26(52)30(53)55-14)62-32-16(36-9(2)42)28(19(45)12(5-39)56-32)61-34-25(51)23(49)18(44)11(4-38)58-34/h10-34,37-40,43-53H,3-7H2,1-2H3,(H,35,41)(H,36,42)/t10-,11-,12-,13-,14-,15-,16-,17+,18+,19-,20+,21-,22+,23+,24-,25-,26-,27-,28-,29+,30?,31-,32+,33+,34+/m1/s1. The minimum absolute atomic E-state index is 0.748. The fourth-order valence-corrected chi connectivity index (χ4v) is 7.73. The third kappa shape index (κ3) is 11.0. The van der Waals surface area contributed by atoms with Gasteiger partial charge in [0.1, 0.15) is 122 Å². The average molecular weight is 911 g/mol. The lowest BCUT2D eigenvalue weighted by atomic mass is 9.94. The first-order valence-electron chi connectivity index (χ1n) is 19.6. The number of hydrogen-bond donors (Lipinski definition) is 17. The van der Waals surface area contributed by atoms with Crippen molar-refractivity contribution in [1.29, 1.82) is 0 Å². The number of aliphatic hydroxyl groups excluding tert-OH is 15. The molecule has 2 amide bonds. The van der Waals surface area contributed by atoms with Crippen LogP contribution in [0, 0.1) is 0 Å². The van der Waals surface area contributed by atoms with Gasteiger partial charge in [-0.1, -0.05) is 0 Å². The monoisotopic (exact) mass is 910 g/mol. The van der Waals surface area contributed by atoms with E-state index in [0.717, 1.165) is 13.8 Å². The molecule has 0 aromatic heterocycles. The Bertz CT molecular complexity index is 1440. The Morgan fingerprint density at radius 2 is 0.839 bits per heavy atom. The van der Waals surface area contributed by atoms with E-state index in [0.29, 0.717) is 0 Å². The van der Waals surface area contributed by atoms with Crippen molar-refractivity contribution in [3.05, 3.63) is 0 Å². The lowest BCUT2D eigenvalue weighted by Crippen LogP contribution is -2.70. The number of amides is 2. The van der Waals surface area contributed by atoms with E-state index in [9.17, 15) is 86.2 Å². The number of rotatable bonds is 15. The van der Waals surface area contributed by atoms with Crippen LogP contribution in [0.1, 0.15) is 13.8 Å². The van der Waals surface area contributed by atoms with Crippen LogP contribution in [0.3, 0.4) is 0 Å². The predicted octanol–water partition coefficient (Wildman–Crippen LogP) is -11.6. The molecule has 0 radical (unpaired) electrons. The van der Waals surface area contributed by atoms with E-state index >= 15 is 0 Å². The van der Waals surface area contributed by atoms with Gasteiger partial charge in [-0.05, 0) is 0 Å². The summed E-state index contributed by atoms with van der Waals surface area (Å²) in [6.07, 6.45) is -41.5. The molecule has 0 bridgehead atoms. The lowest BCUT2D eigenvalue weighted by Gasteiger charge is -2.49. The molecule has 28 heteroatoms. The molecule has 5 fully saturated rings. The number of hydrogen-bond acceptors (Lipinski definition) is 26. The second-order valence-electron chi connectivity index (χ2n) is 15.5. The highest BCUT2D eigenvalue weighted by molar-refractivity contribution is 5.73. The van der Waals surface area contributed by atoms with Crippen LogP contribution >= 0.6 is 0 Å². The lowest BCUT2D eigenvalue weighted by molar-refractivity contribution is -0.367. The van der Waals surface area contributed by atoms with Gasteiger partial charge in [-0.25, -0.2) is 0 Å². The number of carbonyl (C=O) groups excluding carboxylic acids is 2. The molecule has 5 aliphatic rings. The summed E-state index contributed by atoms with van der Waals surface area (Å²) < 4.78 is 50.6. The Balaban J connectivity index is 1.33. The first-order valence-corrected chi connectivity index (χ1v) is 19.6. The Morgan fingerprint density at radius 1 is 0.419 bits per heavy atom. The van der Waals surface area contributed by atoms with Gasteiger partial charge in [0.2, 0.25) is 11.8 Å². The highest BCUT2D eigenvalue weighted by Gasteiger charge is 2.56. The van der Waals surface area contributed by atoms with Crippen LogP contribution in [-0.2, 0) is 52.2 Å². The maximum Gasteiger partial charge on any atom is 0.217 e. The van der Waals surface area contributed by atoms with Crippen molar-refractivity contribution in [1.82, 2.24) is 10.6 Å². The Kier molecular flexibility index (Phi) is 18.1. The largest absolute Gasteiger partial charge is 0.394 e. The smallest absolute Gasteiger partial charge is 0.217 e. The van der Waals surface area contributed by atoms with Gasteiger partial charge in [0, 0.05) is 13.8 Å². The Hall–Kier alpha value is -2.02. The molecule has 1 unspecified atom stereocenters. The van der Waals surface area contributed by atoms with Gasteiger partial charge in [-0.3, -0.25) is 9.59 Å². The van der Waals surface area contributed by atoms with Crippen molar-refractivity contribution in [3.8, 4) is 0 Å². The summed E-state index contributed by atoms with van der Waals surface area (Å²) in [5.74, 6) is -1.54. The van der Waals surface area contributed by atoms with Crippen molar-refractivity contribution in [3.63, 3.8) is 0 Å². The number of aliphatic hydroxyl groups is 15. The molecule has 360 valence electrons. The third-order valence-electron chi connectivity index (χ3n) is 11.1. The average Bonchev–Trinajstić information content (AvgIpc) is 3.23. The Labute approximate surface area is 351 Å². The van der Waals surface area contributed by atoms with Crippen LogP contribution < -0.4 is 10.6 Å². The minimum Gasteiger partial charge on any atom is -0.394 e. The van der Waals surface area contributed by atoms with Crippen LogP contribution in [-0.4, -0.2) is 275 Å². The van der Waals surface area contributed by atoms with Gasteiger partial charge < -0.3 is 130 Å². The molecule has 28 nitrogen and oxygen atoms in total. The van der Waals surface area contributed by atoms with E-state index in [4.69, 9.17) is 42.6 Å². The normalized spacial score (nSPS) is 49.0. The molecule has 5 rings (SSSR count). The van der Waals surface area contributed by atoms with Crippen molar-refractivity contribution in [2.75, 3.05) is 33.0 Å². The molecule has 0 saturated carbocycles. The highest BCUT2D eigenvalue weighted by Crippen LogP contribution is 2.34. The second kappa shape index (κ2) is 22.0. The van der Waals surface area contributed by atoms with Crippen molar-refractivity contribution < 1.29 is 129 Å². The molecule has 5 heterocycles. The van der Waals surface area contributed by atoms with Crippen LogP contribution in [0.25, 0.3) is 0 Å². The van der Waals surface area contributed by atoms with Gasteiger partial charge in [0.15, 0.2) is 31.5 Å². The first-order chi connectivity index (χ1) is 29.3. The summed E-state index contributed by atoms with van der Waals surface area (Å²) in [7, 11) is 0. The number of ether oxygens (including phenoxy) is 9. The number of nitrogens with one attached hydrogen (secondary N) is 2. The topological polar surface area (TPSA) is 445 Å². The van der Waals surface area contributed by atoms with Crippen molar-refractivity contribution in [2.45, 2.75) is 167 Å². The summed E-state index contributed by atoms with van der Waals surface area (Å²) >= 11 is 0. The SMILES string of the molecule is CC(=O)N[C@H]1[C@H](OC[C@H]2OC(O)[C@H](O)[C@@H](O[C@@H]3O[C@H](CO)[C@@H](O)[C@H](O[C@@H]4O[C@H](CO)[C@H](O)[C@H](O)[C@H]4O)[C@H]3NC(C)=O)[C@H]2O)O[C@H](CO)[C@@H](O[C@@H]2O[C@H](CO)[C@H](O)[C@H](O)[C@H]2O)[C@@H]1O. The van der Waals surface area contributed by atoms with Crippen molar-refractivity contribution in [2.24, 2.45) is 0 Å². The summed E-state index contributed by atoms with van der Waals surface area (Å²) in [4.78, 5) is 24.7. The van der Waals surface area contributed by atoms with Crippen LogP contribution in [0.15, 0.2) is 0 Å². The minimum atomic E-state index is -2.15. The summed E-state index contributed by atoms with van der Waals surface area (Å²) in [6, 6.07) is -3.22. The second-order valence-corrected chi connectivity index (χ2v) is 15.5. The zero-order valence-electron chi connectivity index (χ0n) is 33.2. The molecule has 0 aliphatic carbocycles. The Morgan fingerprint density at radius 3 is 1.34 bits per heavy atom. The fraction of sp³-hybridized carbons (Fsp3) is 0.941. The maximum absolute atomic E-state index is 12.4. The third-order valence-corrected chi connectivity index (χ3v) is 11.1. The quantitative estimate of drug-likeness (QED) is 0.0725. The molecular formula is C34H58N2O26. The van der Waals surface area contributed by atoms with E-state index in [1.54, 1.807) is 0 Å². The molecule has 17 N–H and O–H groups in total. The molecule has 5 saturated heterocycles. The van der Waals surface area contributed by atoms with Gasteiger partial charge >= 0.3 is 0 Å². The molecule has 0 aromatic rings. The maximum atomic E-state index is 12.4. The fourth-order valence-electron chi connectivity index (χ4n) is 7.73. The van der Waals surface area contributed by atoms with E-state index in [2.05, 4.69) is 10.6 Å². The van der Waals surface area contributed by atoms with Crippen LogP contribution in [0.5, 0.6) is 0 Å². The number of carbonyl (C=O) groups is 2. The van der Waals surface area contributed by atoms with E-state index in [1.807, 2.05) is 0 Å². The molecule has 5 aliphatic heterocycles. The van der Waals surface area contributed by atoms with Crippen LogP contribution in [0.4, 0.5) is 0 Å². The summed E-state index contributed by atoms with van der Waals surface area (Å²) in [6.45, 7) is -2.21. The van der Waals surface area contributed by atoms with E-state index < -0.39 is 198 Å². The molecule has 0 spiro atoms. The van der Waals surface area contributed by atoms with Crippen LogP contribution in [0.2, 0.25) is 0 Å². The summed E-state index contributed by atoms with van der Waals surface area (Å²) in [5.41, 5.74) is 0. The van der Waals surface area contributed by atoms with Crippen molar-refractivity contribution >= 4 is 11.8 Å². The van der Waals surface area contributed by atoms with E-state index in [1.165, 1.54) is 0 Å². The van der Waals surface area contributed by atoms with E-state index in [-0.39, 0.29) is 0 Å². The molecular weight excluding hydrogens is 852 g/mol. The zero-order chi connectivity index (χ0) is 45.9. The van der Waals surface area contributed by atoms with Gasteiger partial charge in [0.25, 0.3) is 0 Å². The molecule has 25 atom stereocenters. The highest BCUT2D eigenvalue weighted by atomic mass is 16.8. The van der Waals surface area contributed by atoms with Gasteiger partial charge in [-0.15, -0.1) is 0 Å². The van der Waals surface area contributed by atoms with Gasteiger partial charge in [0.05, 0.1) is 33.0 Å². The molecule has 0 aromatic carbocycles. The summed E-state index contributed by atoms with van der Waals surface area (Å²) in [5, 5.41) is 162.